The topological polar surface area (TPSA) is 29.3 Å². The molecule has 0 bridgehead atoms. The lowest BCUT2D eigenvalue weighted by atomic mass is 10.1. The number of halogens is 1. The van der Waals surface area contributed by atoms with Gasteiger partial charge in [-0.3, -0.25) is 0 Å². The second-order valence-corrected chi connectivity index (χ2v) is 5.24. The summed E-state index contributed by atoms with van der Waals surface area (Å²) in [5, 5.41) is 0.784. The van der Waals surface area contributed by atoms with Crippen molar-refractivity contribution in [2.75, 3.05) is 18.0 Å². The van der Waals surface area contributed by atoms with E-state index in [4.69, 9.17) is 17.3 Å². The average molecular weight is 239 g/mol. The van der Waals surface area contributed by atoms with Crippen LogP contribution in [-0.4, -0.2) is 13.1 Å². The summed E-state index contributed by atoms with van der Waals surface area (Å²) in [5.74, 6) is 0.784. The highest BCUT2D eigenvalue weighted by Gasteiger charge is 2.19. The number of hydrogen-bond donors (Lipinski definition) is 1. The smallest absolute Gasteiger partial charge is 0.0474 e. The Morgan fingerprint density at radius 2 is 2.25 bits per heavy atom. The van der Waals surface area contributed by atoms with Crippen molar-refractivity contribution >= 4 is 17.3 Å². The summed E-state index contributed by atoms with van der Waals surface area (Å²) in [5.41, 5.74) is 8.09. The van der Waals surface area contributed by atoms with E-state index in [1.54, 1.807) is 0 Å². The van der Waals surface area contributed by atoms with Gasteiger partial charge >= 0.3 is 0 Å². The van der Waals surface area contributed by atoms with Crippen molar-refractivity contribution in [3.8, 4) is 0 Å². The second kappa shape index (κ2) is 4.64. The van der Waals surface area contributed by atoms with Gasteiger partial charge < -0.3 is 10.6 Å². The molecular formula is C13H19ClN2. The molecule has 0 amide bonds. The van der Waals surface area contributed by atoms with Gasteiger partial charge in [-0.15, -0.1) is 0 Å². The molecule has 0 radical (unpaired) electrons. The van der Waals surface area contributed by atoms with E-state index in [-0.39, 0.29) is 6.04 Å². The highest BCUT2D eigenvalue weighted by molar-refractivity contribution is 6.31. The lowest BCUT2D eigenvalue weighted by Crippen LogP contribution is -2.19. The highest BCUT2D eigenvalue weighted by atomic mass is 35.5. The van der Waals surface area contributed by atoms with Crippen LogP contribution in [0.4, 0.5) is 5.69 Å². The van der Waals surface area contributed by atoms with E-state index in [2.05, 4.69) is 17.9 Å². The first kappa shape index (κ1) is 11.7. The SMILES string of the molecule is CC1CCN(c2ccc(C(C)N)c(Cl)c2)C1. The molecule has 2 rings (SSSR count). The molecule has 1 saturated heterocycles. The van der Waals surface area contributed by atoms with Gasteiger partial charge in [0.1, 0.15) is 0 Å². The van der Waals surface area contributed by atoms with Gasteiger partial charge in [0, 0.05) is 29.8 Å². The minimum Gasteiger partial charge on any atom is -0.371 e. The Kier molecular flexibility index (Phi) is 3.41. The highest BCUT2D eigenvalue weighted by Crippen LogP contribution is 2.29. The van der Waals surface area contributed by atoms with Crippen LogP contribution in [0.3, 0.4) is 0 Å². The molecule has 3 heteroatoms. The zero-order valence-electron chi connectivity index (χ0n) is 9.91. The predicted octanol–water partition coefficient (Wildman–Crippen LogP) is 3.21. The van der Waals surface area contributed by atoms with Gasteiger partial charge in [0.15, 0.2) is 0 Å². The molecule has 0 saturated carbocycles. The number of hydrogen-bond acceptors (Lipinski definition) is 2. The van der Waals surface area contributed by atoms with Gasteiger partial charge in [-0.1, -0.05) is 24.6 Å². The second-order valence-electron chi connectivity index (χ2n) is 4.83. The summed E-state index contributed by atoms with van der Waals surface area (Å²) in [6.45, 7) is 6.51. The molecule has 1 aromatic rings. The van der Waals surface area contributed by atoms with Crippen LogP contribution >= 0.6 is 11.6 Å². The molecule has 0 aromatic heterocycles. The maximum atomic E-state index is 6.23. The van der Waals surface area contributed by atoms with E-state index >= 15 is 0 Å². The lowest BCUT2D eigenvalue weighted by Gasteiger charge is -2.20. The standard InChI is InChI=1S/C13H19ClN2/c1-9-5-6-16(8-9)11-3-4-12(10(2)15)13(14)7-11/h3-4,7,9-10H,5-6,8,15H2,1-2H3. The minimum atomic E-state index is -0.000878. The predicted molar refractivity (Wildman–Crippen MR) is 70.0 cm³/mol. The Labute approximate surface area is 102 Å². The first-order chi connectivity index (χ1) is 7.58. The number of nitrogens with two attached hydrogens (primary N) is 1. The van der Waals surface area contributed by atoms with E-state index in [9.17, 15) is 0 Å². The summed E-state index contributed by atoms with van der Waals surface area (Å²) in [6, 6.07) is 6.21. The zero-order chi connectivity index (χ0) is 11.7. The molecule has 1 heterocycles. The van der Waals surface area contributed by atoms with E-state index in [0.717, 1.165) is 29.6 Å². The lowest BCUT2D eigenvalue weighted by molar-refractivity contribution is 0.659. The fourth-order valence-electron chi connectivity index (χ4n) is 2.25. The number of anilines is 1. The molecule has 16 heavy (non-hydrogen) atoms. The Hall–Kier alpha value is -0.730. The molecule has 1 aromatic carbocycles. The van der Waals surface area contributed by atoms with Crippen LogP contribution in [0.25, 0.3) is 0 Å². The minimum absolute atomic E-state index is 0.000878. The maximum absolute atomic E-state index is 6.23. The third-order valence-corrected chi connectivity index (χ3v) is 3.59. The van der Waals surface area contributed by atoms with E-state index in [1.165, 1.54) is 12.1 Å². The van der Waals surface area contributed by atoms with Crippen molar-refractivity contribution in [3.05, 3.63) is 28.8 Å². The number of benzene rings is 1. The summed E-state index contributed by atoms with van der Waals surface area (Å²) in [6.07, 6.45) is 1.27. The van der Waals surface area contributed by atoms with Crippen LogP contribution in [0, 0.1) is 5.92 Å². The summed E-state index contributed by atoms with van der Waals surface area (Å²) in [4.78, 5) is 2.39. The van der Waals surface area contributed by atoms with Crippen LogP contribution in [0.5, 0.6) is 0 Å². The van der Waals surface area contributed by atoms with Crippen molar-refractivity contribution in [2.24, 2.45) is 11.7 Å². The average Bonchev–Trinajstić information content (AvgIpc) is 2.64. The van der Waals surface area contributed by atoms with E-state index < -0.39 is 0 Å². The zero-order valence-corrected chi connectivity index (χ0v) is 10.7. The Morgan fingerprint density at radius 1 is 1.50 bits per heavy atom. The molecule has 2 atom stereocenters. The molecule has 0 aliphatic carbocycles. The molecule has 2 unspecified atom stereocenters. The van der Waals surface area contributed by atoms with Gasteiger partial charge in [-0.2, -0.15) is 0 Å². The normalized spacial score (nSPS) is 22.5. The van der Waals surface area contributed by atoms with Crippen molar-refractivity contribution in [2.45, 2.75) is 26.3 Å². The molecule has 1 fully saturated rings. The summed E-state index contributed by atoms with van der Waals surface area (Å²) in [7, 11) is 0. The molecular weight excluding hydrogens is 220 g/mol. The molecule has 1 aliphatic rings. The van der Waals surface area contributed by atoms with Crippen molar-refractivity contribution < 1.29 is 0 Å². The maximum Gasteiger partial charge on any atom is 0.0474 e. The molecule has 2 N–H and O–H groups in total. The van der Waals surface area contributed by atoms with Gasteiger partial charge in [0.25, 0.3) is 0 Å². The molecule has 88 valence electrons. The van der Waals surface area contributed by atoms with Crippen molar-refractivity contribution in [1.82, 2.24) is 0 Å². The first-order valence-corrected chi connectivity index (χ1v) is 6.25. The third-order valence-electron chi connectivity index (χ3n) is 3.26. The monoisotopic (exact) mass is 238 g/mol. The fraction of sp³-hybridized carbons (Fsp3) is 0.538. The Bertz CT molecular complexity index is 376. The number of rotatable bonds is 2. The largest absolute Gasteiger partial charge is 0.371 e. The van der Waals surface area contributed by atoms with Crippen LogP contribution in [0.15, 0.2) is 18.2 Å². The molecule has 1 aliphatic heterocycles. The van der Waals surface area contributed by atoms with E-state index in [1.807, 2.05) is 19.1 Å². The quantitative estimate of drug-likeness (QED) is 0.858. The van der Waals surface area contributed by atoms with Crippen LogP contribution in [-0.2, 0) is 0 Å². The number of nitrogens with zero attached hydrogens (tertiary/aromatic N) is 1. The Balaban J connectivity index is 2.21. The molecule has 0 spiro atoms. The van der Waals surface area contributed by atoms with Gasteiger partial charge in [-0.05, 0) is 37.0 Å². The first-order valence-electron chi connectivity index (χ1n) is 5.88. The summed E-state index contributed by atoms with van der Waals surface area (Å²) >= 11 is 6.23. The van der Waals surface area contributed by atoms with Crippen molar-refractivity contribution in [3.63, 3.8) is 0 Å². The van der Waals surface area contributed by atoms with Gasteiger partial charge in [0.05, 0.1) is 0 Å². The van der Waals surface area contributed by atoms with Crippen LogP contribution in [0.1, 0.15) is 31.9 Å². The van der Waals surface area contributed by atoms with Gasteiger partial charge in [0.2, 0.25) is 0 Å². The van der Waals surface area contributed by atoms with Gasteiger partial charge in [-0.25, -0.2) is 0 Å². The Morgan fingerprint density at radius 3 is 2.75 bits per heavy atom. The van der Waals surface area contributed by atoms with Crippen molar-refractivity contribution in [1.29, 1.82) is 0 Å². The third kappa shape index (κ3) is 2.33. The van der Waals surface area contributed by atoms with Crippen LogP contribution in [0.2, 0.25) is 5.02 Å². The molecule has 2 nitrogen and oxygen atoms in total. The van der Waals surface area contributed by atoms with Crippen LogP contribution < -0.4 is 10.6 Å². The van der Waals surface area contributed by atoms with E-state index in [0.29, 0.717) is 0 Å². The fourth-order valence-corrected chi connectivity index (χ4v) is 2.60. The summed E-state index contributed by atoms with van der Waals surface area (Å²) < 4.78 is 0.